The zero-order valence-corrected chi connectivity index (χ0v) is 14.6. The lowest BCUT2D eigenvalue weighted by molar-refractivity contribution is 0.0127. The molecule has 0 radical (unpaired) electrons. The van der Waals surface area contributed by atoms with Crippen LogP contribution in [0.2, 0.25) is 0 Å². The number of nitrogens with one attached hydrogen (secondary N) is 2. The van der Waals surface area contributed by atoms with Gasteiger partial charge in [0.15, 0.2) is 0 Å². The second-order valence-corrected chi connectivity index (χ2v) is 8.95. The van der Waals surface area contributed by atoms with Crippen LogP contribution in [0.15, 0.2) is 6.07 Å². The zero-order chi connectivity index (χ0) is 16.4. The standard InChI is InChI=1S/C18H28N4O/c1-17(2,3)14-8-12(20-21-14)16(23)22-10-11-9-18(4)13(19-11)6-5-7-15(18)22/h8,11,13,15,19H,5-7,9-10H2,1-4H3,(H,20,21)/t11-,13-,15+,18-/m0/s1. The molecule has 0 aromatic carbocycles. The van der Waals surface area contributed by atoms with Crippen molar-refractivity contribution in [2.45, 2.75) is 76.9 Å². The molecular weight excluding hydrogens is 288 g/mol. The van der Waals surface area contributed by atoms with Crippen molar-refractivity contribution in [2.24, 2.45) is 5.41 Å². The average molecular weight is 316 g/mol. The number of likely N-dealkylation sites (tertiary alicyclic amines) is 1. The largest absolute Gasteiger partial charge is 0.332 e. The van der Waals surface area contributed by atoms with E-state index in [1.807, 2.05) is 6.07 Å². The van der Waals surface area contributed by atoms with Crippen molar-refractivity contribution in [3.05, 3.63) is 17.5 Å². The lowest BCUT2D eigenvalue weighted by atomic mass is 9.66. The Bertz CT molecular complexity index is 631. The first-order valence-electron chi connectivity index (χ1n) is 8.92. The highest BCUT2D eigenvalue weighted by Crippen LogP contribution is 2.50. The molecule has 5 nitrogen and oxygen atoms in total. The Balaban J connectivity index is 1.63. The summed E-state index contributed by atoms with van der Waals surface area (Å²) in [7, 11) is 0. The summed E-state index contributed by atoms with van der Waals surface area (Å²) >= 11 is 0. The highest BCUT2D eigenvalue weighted by molar-refractivity contribution is 5.93. The third kappa shape index (κ3) is 2.24. The van der Waals surface area contributed by atoms with E-state index in [4.69, 9.17) is 0 Å². The molecule has 1 saturated carbocycles. The summed E-state index contributed by atoms with van der Waals surface area (Å²) in [6.07, 6.45) is 4.80. The van der Waals surface area contributed by atoms with Crippen LogP contribution in [0.5, 0.6) is 0 Å². The third-order valence-corrected chi connectivity index (χ3v) is 6.31. The molecule has 3 heterocycles. The number of carbonyl (C=O) groups excluding carboxylic acids is 1. The van der Waals surface area contributed by atoms with Gasteiger partial charge in [0.25, 0.3) is 5.91 Å². The minimum absolute atomic E-state index is 0.0179. The third-order valence-electron chi connectivity index (χ3n) is 6.31. The van der Waals surface area contributed by atoms with Gasteiger partial charge < -0.3 is 10.2 Å². The average Bonchev–Trinajstić information content (AvgIpc) is 3.07. The molecule has 4 atom stereocenters. The van der Waals surface area contributed by atoms with Crippen LogP contribution in [-0.2, 0) is 5.41 Å². The smallest absolute Gasteiger partial charge is 0.274 e. The fraction of sp³-hybridized carbons (Fsp3) is 0.778. The van der Waals surface area contributed by atoms with Crippen LogP contribution in [0.1, 0.15) is 69.6 Å². The van der Waals surface area contributed by atoms with Crippen molar-refractivity contribution in [1.29, 1.82) is 0 Å². The molecule has 1 amide bonds. The van der Waals surface area contributed by atoms with E-state index in [-0.39, 0.29) is 16.7 Å². The normalized spacial score (nSPS) is 36.3. The van der Waals surface area contributed by atoms with Gasteiger partial charge in [-0.25, -0.2) is 0 Å². The highest BCUT2D eigenvalue weighted by atomic mass is 16.2. The van der Waals surface area contributed by atoms with Crippen LogP contribution < -0.4 is 5.32 Å². The number of aromatic nitrogens is 2. The van der Waals surface area contributed by atoms with Gasteiger partial charge in [-0.05, 0) is 31.7 Å². The number of hydrogen-bond acceptors (Lipinski definition) is 3. The fourth-order valence-electron chi connectivity index (χ4n) is 5.01. The number of H-pyrrole nitrogens is 1. The lowest BCUT2D eigenvalue weighted by Gasteiger charge is -2.50. The molecule has 2 bridgehead atoms. The van der Waals surface area contributed by atoms with Gasteiger partial charge in [-0.1, -0.05) is 27.7 Å². The van der Waals surface area contributed by atoms with Crippen LogP contribution in [0.25, 0.3) is 0 Å². The quantitative estimate of drug-likeness (QED) is 0.836. The summed E-state index contributed by atoms with van der Waals surface area (Å²) in [6.45, 7) is 9.60. The van der Waals surface area contributed by atoms with E-state index < -0.39 is 0 Å². The molecule has 2 aliphatic heterocycles. The van der Waals surface area contributed by atoms with E-state index >= 15 is 0 Å². The van der Waals surface area contributed by atoms with Gasteiger partial charge in [0, 0.05) is 41.2 Å². The van der Waals surface area contributed by atoms with Gasteiger partial charge in [-0.15, -0.1) is 0 Å². The number of aromatic amines is 1. The van der Waals surface area contributed by atoms with Crippen molar-refractivity contribution >= 4 is 5.91 Å². The first-order valence-corrected chi connectivity index (χ1v) is 8.92. The second kappa shape index (κ2) is 4.82. The number of hydrogen-bond donors (Lipinski definition) is 2. The van der Waals surface area contributed by atoms with Crippen LogP contribution in [0, 0.1) is 5.41 Å². The minimum Gasteiger partial charge on any atom is -0.332 e. The van der Waals surface area contributed by atoms with Gasteiger partial charge in [-0.2, -0.15) is 5.10 Å². The van der Waals surface area contributed by atoms with Crippen LogP contribution in [0.3, 0.4) is 0 Å². The molecule has 5 heteroatoms. The Morgan fingerprint density at radius 2 is 2.17 bits per heavy atom. The van der Waals surface area contributed by atoms with Crippen molar-refractivity contribution < 1.29 is 4.79 Å². The Hall–Kier alpha value is -1.36. The molecule has 1 aliphatic carbocycles. The lowest BCUT2D eigenvalue weighted by Crippen LogP contribution is -2.57. The Morgan fingerprint density at radius 1 is 1.39 bits per heavy atom. The van der Waals surface area contributed by atoms with Gasteiger partial charge in [-0.3, -0.25) is 9.89 Å². The zero-order valence-electron chi connectivity index (χ0n) is 14.6. The molecule has 3 fully saturated rings. The van der Waals surface area contributed by atoms with Crippen LogP contribution in [-0.4, -0.2) is 45.7 Å². The summed E-state index contributed by atoms with van der Waals surface area (Å²) in [5.74, 6) is 0.0991. The maximum Gasteiger partial charge on any atom is 0.274 e. The predicted molar refractivity (Wildman–Crippen MR) is 89.4 cm³/mol. The number of piperidine rings is 1. The Labute approximate surface area is 138 Å². The molecule has 3 aliphatic rings. The Morgan fingerprint density at radius 3 is 2.87 bits per heavy atom. The first kappa shape index (κ1) is 15.2. The SMILES string of the molecule is CC(C)(C)c1cc(C(=O)N2C[C@@H]3C[C@@]4(C)[C@H](CCC[C@@H]24)N3)n[nH]1. The molecule has 1 aromatic rings. The predicted octanol–water partition coefficient (Wildman–Crippen LogP) is 2.45. The summed E-state index contributed by atoms with van der Waals surface area (Å²) in [4.78, 5) is 15.2. The van der Waals surface area contributed by atoms with E-state index in [2.05, 4.69) is 48.1 Å². The molecular formula is C18H28N4O. The second-order valence-electron chi connectivity index (χ2n) is 8.95. The van der Waals surface area contributed by atoms with Crippen LogP contribution >= 0.6 is 0 Å². The molecule has 2 N–H and O–H groups in total. The first-order chi connectivity index (χ1) is 10.8. The summed E-state index contributed by atoms with van der Waals surface area (Å²) in [5, 5.41) is 11.1. The van der Waals surface area contributed by atoms with Crippen molar-refractivity contribution in [2.75, 3.05) is 6.54 Å². The summed E-state index contributed by atoms with van der Waals surface area (Å²) in [6, 6.07) is 3.32. The maximum atomic E-state index is 13.1. The van der Waals surface area contributed by atoms with Crippen molar-refractivity contribution in [1.82, 2.24) is 20.4 Å². The van der Waals surface area contributed by atoms with Crippen molar-refractivity contribution in [3.8, 4) is 0 Å². The fourth-order valence-corrected chi connectivity index (χ4v) is 5.01. The van der Waals surface area contributed by atoms with Crippen LogP contribution in [0.4, 0.5) is 0 Å². The topological polar surface area (TPSA) is 61.0 Å². The molecule has 0 unspecified atom stereocenters. The molecule has 2 saturated heterocycles. The van der Waals surface area contributed by atoms with E-state index in [0.717, 1.165) is 18.7 Å². The molecule has 1 aromatic heterocycles. The van der Waals surface area contributed by atoms with E-state index in [0.29, 0.717) is 23.8 Å². The maximum absolute atomic E-state index is 13.1. The van der Waals surface area contributed by atoms with E-state index in [1.165, 1.54) is 19.3 Å². The number of amides is 1. The minimum atomic E-state index is -0.0179. The van der Waals surface area contributed by atoms with Gasteiger partial charge >= 0.3 is 0 Å². The van der Waals surface area contributed by atoms with E-state index in [9.17, 15) is 4.79 Å². The highest BCUT2D eigenvalue weighted by Gasteiger charge is 2.57. The molecule has 0 spiro atoms. The number of fused-ring (bicyclic) bond motifs is 1. The van der Waals surface area contributed by atoms with E-state index in [1.54, 1.807) is 0 Å². The van der Waals surface area contributed by atoms with Gasteiger partial charge in [0.05, 0.1) is 0 Å². The summed E-state index contributed by atoms with van der Waals surface area (Å²) < 4.78 is 0. The summed E-state index contributed by atoms with van der Waals surface area (Å²) in [5.41, 5.74) is 1.81. The Kier molecular flexibility index (Phi) is 3.18. The van der Waals surface area contributed by atoms with Crippen molar-refractivity contribution in [3.63, 3.8) is 0 Å². The molecule has 126 valence electrons. The number of carbonyl (C=O) groups is 1. The number of rotatable bonds is 1. The number of nitrogens with zero attached hydrogens (tertiary/aromatic N) is 2. The van der Waals surface area contributed by atoms with Gasteiger partial charge in [0.1, 0.15) is 5.69 Å². The molecule has 23 heavy (non-hydrogen) atoms. The molecule has 4 rings (SSSR count). The monoisotopic (exact) mass is 316 g/mol. The van der Waals surface area contributed by atoms with Gasteiger partial charge in [0.2, 0.25) is 0 Å².